The van der Waals surface area contributed by atoms with E-state index in [0.29, 0.717) is 23.3 Å². The molecule has 1 amide bonds. The predicted molar refractivity (Wildman–Crippen MR) is 67.9 cm³/mol. The minimum atomic E-state index is -0.370. The largest absolute Gasteiger partial charge is 0.461 e. The maximum Gasteiger partial charge on any atom is 0.230 e. The fourth-order valence-electron chi connectivity index (χ4n) is 1.47. The van der Waals surface area contributed by atoms with Crippen molar-refractivity contribution in [2.45, 2.75) is 30.8 Å². The third-order valence-corrected chi connectivity index (χ3v) is 3.56. The molecule has 1 atom stereocenters. The van der Waals surface area contributed by atoms with Crippen LogP contribution in [0.1, 0.15) is 13.8 Å². The summed E-state index contributed by atoms with van der Waals surface area (Å²) in [6, 6.07) is 3.62. The molecule has 0 saturated heterocycles. The molecular formula is C11H14N4O2S. The molecule has 7 heteroatoms. The fraction of sp³-hybridized carbons (Fsp3) is 0.364. The van der Waals surface area contributed by atoms with Crippen molar-refractivity contribution < 1.29 is 9.21 Å². The first kappa shape index (κ1) is 12.7. The molecule has 0 bridgehead atoms. The van der Waals surface area contributed by atoms with Gasteiger partial charge in [-0.15, -0.1) is 10.2 Å². The maximum atomic E-state index is 11.1. The Morgan fingerprint density at radius 3 is 2.94 bits per heavy atom. The molecule has 2 aromatic rings. The third-order valence-electron chi connectivity index (χ3n) is 2.46. The average Bonchev–Trinajstić information content (AvgIpc) is 2.96. The second-order valence-corrected chi connectivity index (χ2v) is 5.00. The zero-order chi connectivity index (χ0) is 13.1. The van der Waals surface area contributed by atoms with Crippen molar-refractivity contribution in [3.63, 3.8) is 0 Å². The van der Waals surface area contributed by atoms with E-state index in [1.807, 2.05) is 17.6 Å². The summed E-state index contributed by atoms with van der Waals surface area (Å²) in [5.74, 6) is 0.940. The molecule has 18 heavy (non-hydrogen) atoms. The Kier molecular flexibility index (Phi) is 3.71. The molecule has 0 aromatic carbocycles. The smallest absolute Gasteiger partial charge is 0.230 e. The highest BCUT2D eigenvalue weighted by Crippen LogP contribution is 2.26. The van der Waals surface area contributed by atoms with Gasteiger partial charge in [0.15, 0.2) is 16.7 Å². The zero-order valence-corrected chi connectivity index (χ0v) is 11.0. The number of nitrogens with two attached hydrogens (primary N) is 1. The van der Waals surface area contributed by atoms with Gasteiger partial charge in [0.1, 0.15) is 0 Å². The lowest BCUT2D eigenvalue weighted by Gasteiger charge is -2.08. The van der Waals surface area contributed by atoms with Gasteiger partial charge in [0.2, 0.25) is 5.91 Å². The highest BCUT2D eigenvalue weighted by atomic mass is 32.2. The molecular weight excluding hydrogens is 252 g/mol. The van der Waals surface area contributed by atoms with Crippen LogP contribution in [0.15, 0.2) is 28.0 Å². The fourth-order valence-corrected chi connectivity index (χ4v) is 2.33. The van der Waals surface area contributed by atoms with Crippen LogP contribution in [0.4, 0.5) is 0 Å². The summed E-state index contributed by atoms with van der Waals surface area (Å²) in [4.78, 5) is 11.1. The number of carbonyl (C=O) groups excluding carboxylic acids is 1. The van der Waals surface area contributed by atoms with Crippen molar-refractivity contribution in [1.29, 1.82) is 0 Å². The maximum absolute atomic E-state index is 11.1. The van der Waals surface area contributed by atoms with E-state index in [4.69, 9.17) is 10.2 Å². The monoisotopic (exact) mass is 266 g/mol. The van der Waals surface area contributed by atoms with Crippen LogP contribution in [0.2, 0.25) is 0 Å². The van der Waals surface area contributed by atoms with E-state index < -0.39 is 0 Å². The Bertz CT molecular complexity index is 535. The Labute approximate surface area is 109 Å². The van der Waals surface area contributed by atoms with Crippen LogP contribution in [0.25, 0.3) is 11.6 Å². The van der Waals surface area contributed by atoms with Gasteiger partial charge in [-0.3, -0.25) is 9.36 Å². The van der Waals surface area contributed by atoms with Crippen molar-refractivity contribution in [3.05, 3.63) is 18.4 Å². The van der Waals surface area contributed by atoms with E-state index in [2.05, 4.69) is 10.2 Å². The molecule has 2 N–H and O–H groups in total. The number of hydrogen-bond acceptors (Lipinski definition) is 5. The number of furan rings is 1. The molecule has 0 fully saturated rings. The summed E-state index contributed by atoms with van der Waals surface area (Å²) in [5.41, 5.74) is 5.24. The van der Waals surface area contributed by atoms with E-state index in [0.717, 1.165) is 0 Å². The second kappa shape index (κ2) is 5.26. The predicted octanol–water partition coefficient (Wildman–Crippen LogP) is 1.52. The third kappa shape index (κ3) is 2.40. The van der Waals surface area contributed by atoms with Crippen LogP contribution >= 0.6 is 11.8 Å². The van der Waals surface area contributed by atoms with Crippen LogP contribution < -0.4 is 5.73 Å². The summed E-state index contributed by atoms with van der Waals surface area (Å²) >= 11 is 1.29. The van der Waals surface area contributed by atoms with Crippen molar-refractivity contribution >= 4 is 17.7 Å². The average molecular weight is 266 g/mol. The van der Waals surface area contributed by atoms with Gasteiger partial charge in [-0.25, -0.2) is 0 Å². The normalized spacial score (nSPS) is 12.6. The molecule has 6 nitrogen and oxygen atoms in total. The molecule has 0 radical (unpaired) electrons. The van der Waals surface area contributed by atoms with Gasteiger partial charge in [-0.05, 0) is 26.0 Å². The zero-order valence-electron chi connectivity index (χ0n) is 10.2. The molecule has 0 saturated carbocycles. The molecule has 0 aliphatic rings. The highest BCUT2D eigenvalue weighted by Gasteiger charge is 2.19. The number of carbonyl (C=O) groups is 1. The number of rotatable bonds is 5. The Balaban J connectivity index is 2.30. The molecule has 0 aliphatic carbocycles. The van der Waals surface area contributed by atoms with Crippen molar-refractivity contribution in [3.8, 4) is 11.6 Å². The lowest BCUT2D eigenvalue weighted by molar-refractivity contribution is -0.117. The molecule has 2 aromatic heterocycles. The standard InChI is InChI=1S/C11H14N4O2S/c1-3-15-10(8-5-4-6-17-8)13-14-11(15)18-7(2)9(12)16/h4-7H,3H2,1-2H3,(H2,12,16)/t7-/m0/s1. The van der Waals surface area contributed by atoms with Gasteiger partial charge in [-0.2, -0.15) is 0 Å². The first-order valence-corrected chi connectivity index (χ1v) is 6.44. The molecule has 0 unspecified atom stereocenters. The van der Waals surface area contributed by atoms with Crippen molar-refractivity contribution in [1.82, 2.24) is 14.8 Å². The summed E-state index contributed by atoms with van der Waals surface area (Å²) in [6.07, 6.45) is 1.59. The summed E-state index contributed by atoms with van der Waals surface area (Å²) < 4.78 is 7.20. The number of thioether (sulfide) groups is 1. The van der Waals surface area contributed by atoms with Gasteiger partial charge in [-0.1, -0.05) is 11.8 Å². The number of hydrogen-bond donors (Lipinski definition) is 1. The quantitative estimate of drug-likeness (QED) is 0.829. The van der Waals surface area contributed by atoms with Crippen molar-refractivity contribution in [2.24, 2.45) is 5.73 Å². The van der Waals surface area contributed by atoms with Gasteiger partial charge in [0, 0.05) is 6.54 Å². The summed E-state index contributed by atoms with van der Waals surface area (Å²) in [7, 11) is 0. The molecule has 0 aliphatic heterocycles. The Morgan fingerprint density at radius 1 is 1.61 bits per heavy atom. The van der Waals surface area contributed by atoms with Gasteiger partial charge >= 0.3 is 0 Å². The summed E-state index contributed by atoms with van der Waals surface area (Å²) in [5, 5.41) is 8.48. The minimum absolute atomic E-state index is 0.344. The topological polar surface area (TPSA) is 86.9 Å². The number of aromatic nitrogens is 3. The van der Waals surface area contributed by atoms with E-state index >= 15 is 0 Å². The molecule has 96 valence electrons. The SMILES string of the molecule is CCn1c(S[C@@H](C)C(N)=O)nnc1-c1ccco1. The van der Waals surface area contributed by atoms with Crippen LogP contribution in [-0.2, 0) is 11.3 Å². The molecule has 0 spiro atoms. The molecule has 2 rings (SSSR count). The van der Waals surface area contributed by atoms with Crippen LogP contribution in [0, 0.1) is 0 Å². The lowest BCUT2D eigenvalue weighted by Crippen LogP contribution is -2.23. The van der Waals surface area contributed by atoms with Crippen molar-refractivity contribution in [2.75, 3.05) is 0 Å². The van der Waals surface area contributed by atoms with Crippen LogP contribution in [-0.4, -0.2) is 25.9 Å². The van der Waals surface area contributed by atoms with Gasteiger partial charge < -0.3 is 10.2 Å². The van der Waals surface area contributed by atoms with E-state index in [1.165, 1.54) is 11.8 Å². The first-order chi connectivity index (χ1) is 8.63. The number of nitrogens with zero attached hydrogens (tertiary/aromatic N) is 3. The van der Waals surface area contributed by atoms with Crippen LogP contribution in [0.3, 0.4) is 0 Å². The van der Waals surface area contributed by atoms with Crippen LogP contribution in [0.5, 0.6) is 0 Å². The number of amides is 1. The first-order valence-electron chi connectivity index (χ1n) is 5.56. The van der Waals surface area contributed by atoms with E-state index in [-0.39, 0.29) is 11.2 Å². The van der Waals surface area contributed by atoms with E-state index in [1.54, 1.807) is 19.3 Å². The molecule has 2 heterocycles. The Hall–Kier alpha value is -1.76. The second-order valence-electron chi connectivity index (χ2n) is 3.69. The van der Waals surface area contributed by atoms with E-state index in [9.17, 15) is 4.79 Å². The summed E-state index contributed by atoms with van der Waals surface area (Å²) in [6.45, 7) is 4.42. The number of primary amides is 1. The Morgan fingerprint density at radius 2 is 2.39 bits per heavy atom. The minimum Gasteiger partial charge on any atom is -0.461 e. The van der Waals surface area contributed by atoms with Gasteiger partial charge in [0.25, 0.3) is 0 Å². The lowest BCUT2D eigenvalue weighted by atomic mass is 10.4. The highest BCUT2D eigenvalue weighted by molar-refractivity contribution is 8.00. The van der Waals surface area contributed by atoms with Gasteiger partial charge in [0.05, 0.1) is 11.5 Å².